The Balaban J connectivity index is 1.34. The summed E-state index contributed by atoms with van der Waals surface area (Å²) in [7, 11) is -5.38. The van der Waals surface area contributed by atoms with Gasteiger partial charge < -0.3 is 20.5 Å². The quantitative estimate of drug-likeness (QED) is 0.195. The van der Waals surface area contributed by atoms with E-state index in [1.807, 2.05) is 53.2 Å². The first-order chi connectivity index (χ1) is 21.4. The Labute approximate surface area is 267 Å². The van der Waals surface area contributed by atoms with Crippen molar-refractivity contribution in [3.8, 4) is 11.1 Å². The van der Waals surface area contributed by atoms with Crippen molar-refractivity contribution in [3.05, 3.63) is 59.8 Å². The summed E-state index contributed by atoms with van der Waals surface area (Å²) in [5.41, 5.74) is 4.80. The van der Waals surface area contributed by atoms with Gasteiger partial charge in [0.05, 0.1) is 5.92 Å². The van der Waals surface area contributed by atoms with E-state index in [1.165, 1.54) is 19.3 Å². The number of carbonyl (C=O) groups is 1. The average molecular weight is 664 g/mol. The molecule has 13 heteroatoms. The molecule has 244 valence electrons. The maximum absolute atomic E-state index is 13.2. The first-order valence-electron chi connectivity index (χ1n) is 15.5. The fraction of sp³-hybridized carbons (Fsp3) is 0.500. The molecule has 3 N–H and O–H groups in total. The normalized spacial score (nSPS) is 17.4. The summed E-state index contributed by atoms with van der Waals surface area (Å²) in [6.45, 7) is 4.65. The van der Waals surface area contributed by atoms with Crippen LogP contribution in [0, 0.1) is 5.92 Å². The van der Waals surface area contributed by atoms with Crippen molar-refractivity contribution in [2.24, 2.45) is 11.7 Å². The van der Waals surface area contributed by atoms with E-state index in [0.29, 0.717) is 16.4 Å². The Morgan fingerprint density at radius 1 is 1.07 bits per heavy atom. The van der Waals surface area contributed by atoms with Crippen molar-refractivity contribution in [3.63, 3.8) is 0 Å². The molecule has 5 rings (SSSR count). The van der Waals surface area contributed by atoms with Gasteiger partial charge in [0.2, 0.25) is 5.91 Å². The molecule has 2 saturated heterocycles. The van der Waals surface area contributed by atoms with Crippen LogP contribution >= 0.6 is 12.2 Å². The highest BCUT2D eigenvalue weighted by Crippen LogP contribution is 2.38. The highest BCUT2D eigenvalue weighted by atomic mass is 32.2. The molecule has 2 aliphatic rings. The summed E-state index contributed by atoms with van der Waals surface area (Å²) in [4.78, 5) is 15.4. The van der Waals surface area contributed by atoms with Crippen LogP contribution in [0.5, 0.6) is 0 Å². The molecule has 45 heavy (non-hydrogen) atoms. The Hall–Kier alpha value is -3.00. The number of thiocarbonyl (C=S) groups is 1. The Kier molecular flexibility index (Phi) is 10.2. The van der Waals surface area contributed by atoms with E-state index in [-0.39, 0.29) is 48.8 Å². The van der Waals surface area contributed by atoms with E-state index in [0.717, 1.165) is 53.6 Å². The van der Waals surface area contributed by atoms with Gasteiger partial charge in [0, 0.05) is 67.0 Å². The Morgan fingerprint density at radius 3 is 2.47 bits per heavy atom. The summed E-state index contributed by atoms with van der Waals surface area (Å²) >= 11 is 5.18. The first kappa shape index (κ1) is 33.4. The van der Waals surface area contributed by atoms with Crippen LogP contribution in [0.3, 0.4) is 0 Å². The molecule has 0 radical (unpaired) electrons. The molecule has 2 fully saturated rings. The van der Waals surface area contributed by atoms with Crippen LogP contribution in [0.15, 0.2) is 48.7 Å². The number of amides is 1. The molecular formula is C32H40F3N5O3S2. The molecule has 2 aromatic carbocycles. The van der Waals surface area contributed by atoms with Crippen LogP contribution in [0.25, 0.3) is 22.0 Å². The predicted octanol–water partition coefficient (Wildman–Crippen LogP) is 5.56. The lowest BCUT2D eigenvalue weighted by Gasteiger charge is -2.38. The van der Waals surface area contributed by atoms with Crippen molar-refractivity contribution in [1.29, 1.82) is 0 Å². The zero-order valence-corrected chi connectivity index (χ0v) is 27.0. The number of sulfonamides is 1. The van der Waals surface area contributed by atoms with Gasteiger partial charge in [-0.15, -0.1) is 0 Å². The Bertz CT molecular complexity index is 1640. The van der Waals surface area contributed by atoms with Crippen LogP contribution in [0.2, 0.25) is 0 Å². The SMILES string of the molecule is CCCCCCN1CC(C(=O)NCc2ccc3c(-c4cccc(C(N)=S)c4)cn(C4CCN(S(=O)(=O)C(F)(F)F)CC4)c3c2)C1. The number of hydrogen-bond donors (Lipinski definition) is 2. The number of nitrogens with two attached hydrogens (primary N) is 1. The smallest absolute Gasteiger partial charge is 0.389 e. The number of unbranched alkanes of at least 4 members (excludes halogenated alkanes) is 3. The summed E-state index contributed by atoms with van der Waals surface area (Å²) < 4.78 is 66.1. The van der Waals surface area contributed by atoms with Crippen molar-refractivity contribution in [2.75, 3.05) is 32.7 Å². The molecule has 3 aromatic rings. The minimum Gasteiger partial charge on any atom is -0.389 e. The third kappa shape index (κ3) is 7.37. The van der Waals surface area contributed by atoms with Crippen molar-refractivity contribution < 1.29 is 26.4 Å². The number of rotatable bonds is 12. The molecule has 0 bridgehead atoms. The monoisotopic (exact) mass is 663 g/mol. The zero-order chi connectivity index (χ0) is 32.4. The van der Waals surface area contributed by atoms with Crippen molar-refractivity contribution in [2.45, 2.75) is 63.5 Å². The van der Waals surface area contributed by atoms with Gasteiger partial charge >= 0.3 is 15.5 Å². The zero-order valence-electron chi connectivity index (χ0n) is 25.4. The van der Waals surface area contributed by atoms with E-state index in [9.17, 15) is 26.4 Å². The van der Waals surface area contributed by atoms with Gasteiger partial charge in [-0.3, -0.25) is 4.79 Å². The molecule has 1 amide bonds. The van der Waals surface area contributed by atoms with Crippen LogP contribution in [-0.4, -0.2) is 71.3 Å². The summed E-state index contributed by atoms with van der Waals surface area (Å²) in [6.07, 6.45) is 7.22. The predicted molar refractivity (Wildman–Crippen MR) is 174 cm³/mol. The fourth-order valence-electron chi connectivity index (χ4n) is 6.30. The third-order valence-corrected chi connectivity index (χ3v) is 10.8. The van der Waals surface area contributed by atoms with Crippen LogP contribution in [0.1, 0.15) is 62.6 Å². The molecule has 0 aliphatic carbocycles. The number of fused-ring (bicyclic) bond motifs is 1. The molecule has 8 nitrogen and oxygen atoms in total. The highest BCUT2D eigenvalue weighted by molar-refractivity contribution is 7.90. The second kappa shape index (κ2) is 13.8. The van der Waals surface area contributed by atoms with E-state index < -0.39 is 15.5 Å². The minimum absolute atomic E-state index is 0.0190. The van der Waals surface area contributed by atoms with E-state index in [1.54, 1.807) is 0 Å². The lowest BCUT2D eigenvalue weighted by molar-refractivity contribution is -0.130. The average Bonchev–Trinajstić information content (AvgIpc) is 3.37. The standard InChI is InChI=1S/C32H40F3N5O3S2/c1-2-3-4-5-13-38-19-25(20-38)31(41)37-18-22-9-10-27-28(23-7-6-8-24(17-23)30(36)44)21-40(29(27)16-22)26-11-14-39(15-12-26)45(42,43)32(33,34)35/h6-10,16-17,21,25-26H,2-5,11-15,18-20H2,1H3,(H2,36,44)(H,37,41). The largest absolute Gasteiger partial charge is 0.511 e. The number of alkyl halides is 3. The van der Waals surface area contributed by atoms with Gasteiger partial charge in [0.15, 0.2) is 0 Å². The fourth-order valence-corrected chi connectivity index (χ4v) is 7.41. The lowest BCUT2D eigenvalue weighted by Crippen LogP contribution is -2.53. The summed E-state index contributed by atoms with van der Waals surface area (Å²) in [5.74, 6) is 0.0122. The van der Waals surface area contributed by atoms with E-state index in [2.05, 4.69) is 17.1 Å². The van der Waals surface area contributed by atoms with E-state index >= 15 is 0 Å². The van der Waals surface area contributed by atoms with Gasteiger partial charge in [-0.25, -0.2) is 8.42 Å². The topological polar surface area (TPSA) is 101 Å². The van der Waals surface area contributed by atoms with Crippen molar-refractivity contribution in [1.82, 2.24) is 19.1 Å². The molecule has 2 aliphatic heterocycles. The minimum atomic E-state index is -5.38. The molecule has 0 atom stereocenters. The van der Waals surface area contributed by atoms with Crippen molar-refractivity contribution >= 4 is 44.0 Å². The molecular weight excluding hydrogens is 624 g/mol. The van der Waals surface area contributed by atoms with Gasteiger partial charge in [0.1, 0.15) is 4.99 Å². The molecule has 0 saturated carbocycles. The lowest BCUT2D eigenvalue weighted by atomic mass is 9.98. The number of halogens is 3. The highest BCUT2D eigenvalue weighted by Gasteiger charge is 2.50. The van der Waals surface area contributed by atoms with Gasteiger partial charge in [0.25, 0.3) is 0 Å². The molecule has 1 aromatic heterocycles. The Morgan fingerprint density at radius 2 is 1.80 bits per heavy atom. The van der Waals surface area contributed by atoms with Gasteiger partial charge in [-0.05, 0) is 49.1 Å². The van der Waals surface area contributed by atoms with Crippen LogP contribution < -0.4 is 11.1 Å². The maximum atomic E-state index is 13.2. The van der Waals surface area contributed by atoms with Gasteiger partial charge in [-0.1, -0.05) is 68.7 Å². The third-order valence-electron chi connectivity index (χ3n) is 8.93. The maximum Gasteiger partial charge on any atom is 0.511 e. The summed E-state index contributed by atoms with van der Waals surface area (Å²) in [6, 6.07) is 13.3. The second-order valence-corrected chi connectivity index (χ2v) is 14.4. The number of likely N-dealkylation sites (tertiary alicyclic amines) is 1. The molecule has 3 heterocycles. The number of benzene rings is 2. The number of aromatic nitrogens is 1. The molecule has 0 unspecified atom stereocenters. The first-order valence-corrected chi connectivity index (χ1v) is 17.3. The number of nitrogens with zero attached hydrogens (tertiary/aromatic N) is 3. The number of nitrogens with one attached hydrogen (secondary N) is 1. The van der Waals surface area contributed by atoms with E-state index in [4.69, 9.17) is 18.0 Å². The van der Waals surface area contributed by atoms with Gasteiger partial charge in [-0.2, -0.15) is 17.5 Å². The van der Waals surface area contributed by atoms with Crippen LogP contribution in [-0.2, 0) is 21.4 Å². The number of piperidine rings is 1. The molecule has 0 spiro atoms. The number of carbonyl (C=O) groups excluding carboxylic acids is 1. The summed E-state index contributed by atoms with van der Waals surface area (Å²) in [5, 5.41) is 4.00. The second-order valence-electron chi connectivity index (χ2n) is 12.1. The number of hydrogen-bond acceptors (Lipinski definition) is 5. The van der Waals surface area contributed by atoms with Crippen LogP contribution in [0.4, 0.5) is 13.2 Å².